The second-order valence-corrected chi connectivity index (χ2v) is 4.34. The van der Waals surface area contributed by atoms with E-state index in [9.17, 15) is 9.59 Å². The van der Waals surface area contributed by atoms with Gasteiger partial charge in [-0.15, -0.1) is 0 Å². The predicted molar refractivity (Wildman–Crippen MR) is 82.6 cm³/mol. The molecular formula is C16H15N3O2. The number of benzene rings is 1. The molecule has 0 aliphatic rings. The standard InChI is InChI=1S/C16H15N3O2/c1-12(20)18-14-5-7-15(8-6-14)19-16(21)10-9-13-4-2-3-11-17-13/h2-11H,1H3,(H,18,20)(H,19,21)/b10-9+. The summed E-state index contributed by atoms with van der Waals surface area (Å²) >= 11 is 0. The molecule has 2 N–H and O–H groups in total. The Morgan fingerprint density at radius 2 is 1.67 bits per heavy atom. The first-order valence-electron chi connectivity index (χ1n) is 6.41. The molecule has 1 aromatic carbocycles. The van der Waals surface area contributed by atoms with Crippen molar-refractivity contribution in [1.82, 2.24) is 4.98 Å². The molecule has 5 nitrogen and oxygen atoms in total. The summed E-state index contributed by atoms with van der Waals surface area (Å²) in [5.74, 6) is -0.377. The van der Waals surface area contributed by atoms with Crippen LogP contribution in [0.2, 0.25) is 0 Å². The van der Waals surface area contributed by atoms with E-state index >= 15 is 0 Å². The van der Waals surface area contributed by atoms with E-state index < -0.39 is 0 Å². The van der Waals surface area contributed by atoms with Crippen molar-refractivity contribution in [1.29, 1.82) is 0 Å². The lowest BCUT2D eigenvalue weighted by Crippen LogP contribution is -2.08. The Balaban J connectivity index is 1.93. The molecule has 2 amide bonds. The second-order valence-electron chi connectivity index (χ2n) is 4.34. The molecule has 5 heteroatoms. The molecule has 0 spiro atoms. The van der Waals surface area contributed by atoms with Crippen molar-refractivity contribution in [3.8, 4) is 0 Å². The van der Waals surface area contributed by atoms with Crippen LogP contribution in [0.5, 0.6) is 0 Å². The third kappa shape index (κ3) is 4.91. The normalized spacial score (nSPS) is 10.3. The number of nitrogens with zero attached hydrogens (tertiary/aromatic N) is 1. The summed E-state index contributed by atoms with van der Waals surface area (Å²) < 4.78 is 0. The minimum atomic E-state index is -0.243. The molecule has 2 aromatic rings. The van der Waals surface area contributed by atoms with Crippen LogP contribution in [0, 0.1) is 0 Å². The highest BCUT2D eigenvalue weighted by molar-refractivity contribution is 6.02. The Labute approximate surface area is 122 Å². The third-order valence-electron chi connectivity index (χ3n) is 2.57. The molecule has 106 valence electrons. The second kappa shape index (κ2) is 7.00. The molecule has 0 atom stereocenters. The molecule has 0 unspecified atom stereocenters. The van der Waals surface area contributed by atoms with Crippen molar-refractivity contribution in [2.75, 3.05) is 10.6 Å². The fourth-order valence-corrected chi connectivity index (χ4v) is 1.66. The highest BCUT2D eigenvalue weighted by Crippen LogP contribution is 2.13. The number of carbonyl (C=O) groups excluding carboxylic acids is 2. The Kier molecular flexibility index (Phi) is 4.82. The predicted octanol–water partition coefficient (Wildman–Crippen LogP) is 2.69. The Bertz CT molecular complexity index is 649. The largest absolute Gasteiger partial charge is 0.326 e. The first-order chi connectivity index (χ1) is 10.1. The zero-order valence-electron chi connectivity index (χ0n) is 11.5. The third-order valence-corrected chi connectivity index (χ3v) is 2.57. The Morgan fingerprint density at radius 3 is 2.24 bits per heavy atom. The smallest absolute Gasteiger partial charge is 0.248 e. The molecule has 2 rings (SSSR count). The minimum Gasteiger partial charge on any atom is -0.326 e. The van der Waals surface area contributed by atoms with Gasteiger partial charge in [-0.05, 0) is 42.5 Å². The van der Waals surface area contributed by atoms with Crippen molar-refractivity contribution in [2.24, 2.45) is 0 Å². The van der Waals surface area contributed by atoms with Gasteiger partial charge >= 0.3 is 0 Å². The average Bonchev–Trinajstić information content (AvgIpc) is 2.48. The van der Waals surface area contributed by atoms with Crippen molar-refractivity contribution < 1.29 is 9.59 Å². The Hall–Kier alpha value is -2.95. The lowest BCUT2D eigenvalue weighted by Gasteiger charge is -2.05. The van der Waals surface area contributed by atoms with Gasteiger partial charge in [-0.2, -0.15) is 0 Å². The number of rotatable bonds is 4. The number of pyridine rings is 1. The molecule has 0 saturated carbocycles. The van der Waals surface area contributed by atoms with Crippen LogP contribution >= 0.6 is 0 Å². The maximum atomic E-state index is 11.8. The summed E-state index contributed by atoms with van der Waals surface area (Å²) in [6.07, 6.45) is 4.73. The lowest BCUT2D eigenvalue weighted by atomic mass is 10.2. The zero-order valence-corrected chi connectivity index (χ0v) is 11.5. The molecular weight excluding hydrogens is 266 g/mol. The SMILES string of the molecule is CC(=O)Nc1ccc(NC(=O)/C=C/c2ccccn2)cc1. The van der Waals surface area contributed by atoms with Crippen LogP contribution in [0.4, 0.5) is 11.4 Å². The van der Waals surface area contributed by atoms with E-state index in [4.69, 9.17) is 0 Å². The van der Waals surface area contributed by atoms with Crippen LogP contribution in [0.15, 0.2) is 54.7 Å². The maximum absolute atomic E-state index is 11.8. The fourth-order valence-electron chi connectivity index (χ4n) is 1.66. The quantitative estimate of drug-likeness (QED) is 0.846. The maximum Gasteiger partial charge on any atom is 0.248 e. The first-order valence-corrected chi connectivity index (χ1v) is 6.41. The lowest BCUT2D eigenvalue weighted by molar-refractivity contribution is -0.114. The van der Waals surface area contributed by atoms with Gasteiger partial charge in [0, 0.05) is 30.6 Å². The van der Waals surface area contributed by atoms with Crippen LogP contribution < -0.4 is 10.6 Å². The van der Waals surface area contributed by atoms with Gasteiger partial charge in [-0.3, -0.25) is 14.6 Å². The van der Waals surface area contributed by atoms with E-state index in [0.717, 1.165) is 0 Å². The molecule has 21 heavy (non-hydrogen) atoms. The number of hydrogen-bond donors (Lipinski definition) is 2. The van der Waals surface area contributed by atoms with E-state index in [0.29, 0.717) is 17.1 Å². The summed E-state index contributed by atoms with van der Waals surface area (Å²) in [6.45, 7) is 1.44. The van der Waals surface area contributed by atoms with Crippen LogP contribution in [-0.4, -0.2) is 16.8 Å². The van der Waals surface area contributed by atoms with Crippen molar-refractivity contribution in [2.45, 2.75) is 6.92 Å². The topological polar surface area (TPSA) is 71.1 Å². The number of anilines is 2. The number of amides is 2. The van der Waals surface area contributed by atoms with Crippen molar-refractivity contribution in [3.63, 3.8) is 0 Å². The van der Waals surface area contributed by atoms with Crippen LogP contribution in [0.1, 0.15) is 12.6 Å². The Morgan fingerprint density at radius 1 is 1.00 bits per heavy atom. The minimum absolute atomic E-state index is 0.134. The monoisotopic (exact) mass is 281 g/mol. The van der Waals surface area contributed by atoms with Gasteiger partial charge < -0.3 is 10.6 Å². The summed E-state index contributed by atoms with van der Waals surface area (Å²) in [5, 5.41) is 5.38. The zero-order chi connectivity index (χ0) is 15.1. The van der Waals surface area contributed by atoms with Gasteiger partial charge in [0.1, 0.15) is 0 Å². The molecule has 0 aliphatic heterocycles. The molecule has 0 radical (unpaired) electrons. The van der Waals surface area contributed by atoms with Crippen LogP contribution in [0.25, 0.3) is 6.08 Å². The number of carbonyl (C=O) groups is 2. The molecule has 0 saturated heterocycles. The van der Waals surface area contributed by atoms with E-state index in [-0.39, 0.29) is 11.8 Å². The van der Waals surface area contributed by atoms with Crippen LogP contribution in [0.3, 0.4) is 0 Å². The van der Waals surface area contributed by atoms with Gasteiger partial charge in [-0.25, -0.2) is 0 Å². The number of nitrogens with one attached hydrogen (secondary N) is 2. The van der Waals surface area contributed by atoms with Gasteiger partial charge in [0.2, 0.25) is 11.8 Å². The summed E-state index contributed by atoms with van der Waals surface area (Å²) in [7, 11) is 0. The first kappa shape index (κ1) is 14.5. The number of hydrogen-bond acceptors (Lipinski definition) is 3. The van der Waals surface area contributed by atoms with Gasteiger partial charge in [0.25, 0.3) is 0 Å². The highest BCUT2D eigenvalue weighted by atomic mass is 16.2. The summed E-state index contributed by atoms with van der Waals surface area (Å²) in [6, 6.07) is 12.4. The highest BCUT2D eigenvalue weighted by Gasteiger charge is 1.99. The molecule has 0 bridgehead atoms. The number of aromatic nitrogens is 1. The van der Waals surface area contributed by atoms with E-state index in [1.807, 2.05) is 18.2 Å². The van der Waals surface area contributed by atoms with E-state index in [2.05, 4.69) is 15.6 Å². The summed E-state index contributed by atoms with van der Waals surface area (Å²) in [4.78, 5) is 26.7. The molecule has 0 fully saturated rings. The molecule has 1 aromatic heterocycles. The average molecular weight is 281 g/mol. The van der Waals surface area contributed by atoms with Crippen LogP contribution in [-0.2, 0) is 9.59 Å². The molecule has 0 aliphatic carbocycles. The van der Waals surface area contributed by atoms with E-state index in [1.165, 1.54) is 13.0 Å². The van der Waals surface area contributed by atoms with Crippen molar-refractivity contribution >= 4 is 29.3 Å². The summed E-state index contributed by atoms with van der Waals surface area (Å²) in [5.41, 5.74) is 2.05. The van der Waals surface area contributed by atoms with Gasteiger partial charge in [-0.1, -0.05) is 6.07 Å². The van der Waals surface area contributed by atoms with Gasteiger partial charge in [0.05, 0.1) is 5.69 Å². The van der Waals surface area contributed by atoms with Crippen molar-refractivity contribution in [3.05, 3.63) is 60.4 Å². The molecule has 1 heterocycles. The van der Waals surface area contributed by atoms with Gasteiger partial charge in [0.15, 0.2) is 0 Å². The fraction of sp³-hybridized carbons (Fsp3) is 0.0625. The van der Waals surface area contributed by atoms with E-state index in [1.54, 1.807) is 36.5 Å².